The Bertz CT molecular complexity index is 610. The Kier molecular flexibility index (Phi) is 5.71. The van der Waals surface area contributed by atoms with Crippen LogP contribution in [-0.4, -0.2) is 38.3 Å². The molecule has 0 fully saturated rings. The van der Waals surface area contributed by atoms with Gasteiger partial charge in [-0.25, -0.2) is 13.2 Å². The highest BCUT2D eigenvalue weighted by Crippen LogP contribution is 2.13. The Morgan fingerprint density at radius 1 is 1.24 bits per heavy atom. The van der Waals surface area contributed by atoms with Crippen LogP contribution in [0.5, 0.6) is 0 Å². The molecule has 0 aromatic heterocycles. The highest BCUT2D eigenvalue weighted by atomic mass is 32.2. The van der Waals surface area contributed by atoms with Crippen LogP contribution in [0.15, 0.2) is 29.2 Å². The summed E-state index contributed by atoms with van der Waals surface area (Å²) in [7, 11) is -3.26. The van der Waals surface area contributed by atoms with Crippen molar-refractivity contribution < 1.29 is 23.1 Å². The molecule has 0 aliphatic heterocycles. The molecule has 0 spiro atoms. The Labute approximate surface area is 123 Å². The molecular formula is C13H18N2O5S. The van der Waals surface area contributed by atoms with Gasteiger partial charge in [0.05, 0.1) is 4.90 Å². The second-order valence-electron chi connectivity index (χ2n) is 4.83. The van der Waals surface area contributed by atoms with Gasteiger partial charge in [-0.1, -0.05) is 6.92 Å². The van der Waals surface area contributed by atoms with E-state index < -0.39 is 21.8 Å². The van der Waals surface area contributed by atoms with Gasteiger partial charge < -0.3 is 15.7 Å². The van der Waals surface area contributed by atoms with Gasteiger partial charge in [-0.15, -0.1) is 0 Å². The number of carboxylic acids is 1. The topological polar surface area (TPSA) is 113 Å². The molecule has 116 valence electrons. The smallest absolute Gasteiger partial charge is 0.319 e. The van der Waals surface area contributed by atoms with Gasteiger partial charge in [-0.2, -0.15) is 0 Å². The third-order valence-corrected chi connectivity index (χ3v) is 3.80. The van der Waals surface area contributed by atoms with E-state index in [9.17, 15) is 18.0 Å². The number of benzene rings is 1. The van der Waals surface area contributed by atoms with Crippen molar-refractivity contribution in [1.82, 2.24) is 5.32 Å². The lowest BCUT2D eigenvalue weighted by Crippen LogP contribution is -2.32. The van der Waals surface area contributed by atoms with Gasteiger partial charge in [0, 0.05) is 24.9 Å². The van der Waals surface area contributed by atoms with Crippen LogP contribution in [0.2, 0.25) is 0 Å². The summed E-state index contributed by atoms with van der Waals surface area (Å²) < 4.78 is 22.6. The van der Waals surface area contributed by atoms with E-state index >= 15 is 0 Å². The lowest BCUT2D eigenvalue weighted by molar-refractivity contribution is -0.137. The van der Waals surface area contributed by atoms with Crippen molar-refractivity contribution >= 4 is 27.5 Å². The summed E-state index contributed by atoms with van der Waals surface area (Å²) in [6.07, 6.45) is 1.08. The van der Waals surface area contributed by atoms with Gasteiger partial charge in [0.2, 0.25) is 0 Å². The van der Waals surface area contributed by atoms with Gasteiger partial charge in [-0.3, -0.25) is 4.79 Å². The van der Waals surface area contributed by atoms with E-state index in [1.807, 2.05) is 0 Å². The fourth-order valence-electron chi connectivity index (χ4n) is 1.60. The van der Waals surface area contributed by atoms with Crippen LogP contribution >= 0.6 is 0 Å². The molecule has 2 amide bonds. The third-order valence-electron chi connectivity index (χ3n) is 2.67. The van der Waals surface area contributed by atoms with Crippen molar-refractivity contribution in [3.05, 3.63) is 24.3 Å². The first-order valence-electron chi connectivity index (χ1n) is 6.25. The molecule has 0 aliphatic carbocycles. The summed E-state index contributed by atoms with van der Waals surface area (Å²) >= 11 is 0. The number of urea groups is 1. The Hall–Kier alpha value is -2.09. The fraction of sp³-hybridized carbons (Fsp3) is 0.385. The molecule has 1 rings (SSSR count). The number of sulfone groups is 1. The lowest BCUT2D eigenvalue weighted by Gasteiger charge is -2.11. The van der Waals surface area contributed by atoms with Gasteiger partial charge in [0.15, 0.2) is 9.84 Å². The van der Waals surface area contributed by atoms with Crippen molar-refractivity contribution in [3.8, 4) is 0 Å². The van der Waals surface area contributed by atoms with Crippen molar-refractivity contribution in [2.24, 2.45) is 5.92 Å². The third kappa shape index (κ3) is 6.26. The quantitative estimate of drug-likeness (QED) is 0.733. The molecule has 1 atom stereocenters. The van der Waals surface area contributed by atoms with Crippen LogP contribution in [-0.2, 0) is 14.6 Å². The summed E-state index contributed by atoms with van der Waals surface area (Å²) in [4.78, 5) is 22.2. The molecule has 0 heterocycles. The standard InChI is InChI=1S/C13H18N2O5S/c1-9(7-12(16)17)8-14-13(18)15-10-3-5-11(6-4-10)21(2,19)20/h3-6,9H,7-8H2,1-2H3,(H,16,17)(H2,14,15,18). The molecule has 1 aromatic carbocycles. The minimum Gasteiger partial charge on any atom is -0.481 e. The lowest BCUT2D eigenvalue weighted by atomic mass is 10.1. The molecule has 0 saturated heterocycles. The van der Waals surface area contributed by atoms with Crippen LogP contribution in [0.25, 0.3) is 0 Å². The summed E-state index contributed by atoms with van der Waals surface area (Å²) in [5, 5.41) is 13.7. The van der Waals surface area contributed by atoms with Gasteiger partial charge >= 0.3 is 12.0 Å². The molecule has 8 heteroatoms. The zero-order chi connectivity index (χ0) is 16.0. The van der Waals surface area contributed by atoms with E-state index in [1.165, 1.54) is 24.3 Å². The van der Waals surface area contributed by atoms with Crippen LogP contribution in [0.1, 0.15) is 13.3 Å². The van der Waals surface area contributed by atoms with E-state index in [4.69, 9.17) is 5.11 Å². The fourth-order valence-corrected chi connectivity index (χ4v) is 2.23. The van der Waals surface area contributed by atoms with Crippen LogP contribution in [0, 0.1) is 5.92 Å². The zero-order valence-corrected chi connectivity index (χ0v) is 12.6. The maximum Gasteiger partial charge on any atom is 0.319 e. The second kappa shape index (κ2) is 7.07. The molecule has 1 unspecified atom stereocenters. The number of rotatable bonds is 6. The molecule has 0 aliphatic rings. The maximum absolute atomic E-state index is 11.6. The molecular weight excluding hydrogens is 296 g/mol. The maximum atomic E-state index is 11.6. The van der Waals surface area contributed by atoms with E-state index in [2.05, 4.69) is 10.6 Å². The average molecular weight is 314 g/mol. The van der Waals surface area contributed by atoms with Gasteiger partial charge in [0.25, 0.3) is 0 Å². The highest BCUT2D eigenvalue weighted by Gasteiger charge is 2.10. The molecule has 0 saturated carbocycles. The molecule has 3 N–H and O–H groups in total. The van der Waals surface area contributed by atoms with E-state index in [1.54, 1.807) is 6.92 Å². The molecule has 0 bridgehead atoms. The van der Waals surface area contributed by atoms with E-state index in [0.717, 1.165) is 6.26 Å². The number of hydrogen-bond acceptors (Lipinski definition) is 4. The average Bonchev–Trinajstić information content (AvgIpc) is 2.35. The van der Waals surface area contributed by atoms with Crippen molar-refractivity contribution in [1.29, 1.82) is 0 Å². The van der Waals surface area contributed by atoms with Crippen molar-refractivity contribution in [3.63, 3.8) is 0 Å². The van der Waals surface area contributed by atoms with Gasteiger partial charge in [-0.05, 0) is 30.2 Å². The predicted octanol–water partition coefficient (Wildman–Crippen LogP) is 1.32. The van der Waals surface area contributed by atoms with Gasteiger partial charge in [0.1, 0.15) is 0 Å². The van der Waals surface area contributed by atoms with Crippen molar-refractivity contribution in [2.45, 2.75) is 18.2 Å². The number of hydrogen-bond donors (Lipinski definition) is 3. The van der Waals surface area contributed by atoms with Crippen LogP contribution in [0.3, 0.4) is 0 Å². The predicted molar refractivity (Wildman–Crippen MR) is 78.0 cm³/mol. The first-order chi connectivity index (χ1) is 9.68. The normalized spacial score (nSPS) is 12.5. The Balaban J connectivity index is 2.50. The largest absolute Gasteiger partial charge is 0.481 e. The van der Waals surface area contributed by atoms with Crippen LogP contribution < -0.4 is 10.6 Å². The number of aliphatic carboxylic acids is 1. The number of carbonyl (C=O) groups excluding carboxylic acids is 1. The number of nitrogens with one attached hydrogen (secondary N) is 2. The first kappa shape index (κ1) is 17.0. The Morgan fingerprint density at radius 3 is 2.29 bits per heavy atom. The number of amides is 2. The zero-order valence-electron chi connectivity index (χ0n) is 11.8. The minimum atomic E-state index is -3.26. The number of carbonyl (C=O) groups is 2. The minimum absolute atomic E-state index is 0.0245. The monoisotopic (exact) mass is 314 g/mol. The summed E-state index contributed by atoms with van der Waals surface area (Å²) in [5.41, 5.74) is 0.450. The first-order valence-corrected chi connectivity index (χ1v) is 8.14. The molecule has 1 aromatic rings. The summed E-state index contributed by atoms with van der Waals surface area (Å²) in [5.74, 6) is -1.10. The molecule has 7 nitrogen and oxygen atoms in total. The SMILES string of the molecule is CC(CNC(=O)Nc1ccc(S(C)(=O)=O)cc1)CC(=O)O. The van der Waals surface area contributed by atoms with Crippen LogP contribution in [0.4, 0.5) is 10.5 Å². The Morgan fingerprint density at radius 2 is 1.81 bits per heavy atom. The summed E-state index contributed by atoms with van der Waals surface area (Å²) in [6, 6.07) is 5.29. The highest BCUT2D eigenvalue weighted by molar-refractivity contribution is 7.90. The molecule has 0 radical (unpaired) electrons. The summed E-state index contributed by atoms with van der Waals surface area (Å²) in [6.45, 7) is 1.95. The second-order valence-corrected chi connectivity index (χ2v) is 6.85. The van der Waals surface area contributed by atoms with E-state index in [0.29, 0.717) is 5.69 Å². The van der Waals surface area contributed by atoms with Crippen molar-refractivity contribution in [2.75, 3.05) is 18.1 Å². The number of carboxylic acid groups (broad SMARTS) is 1. The number of anilines is 1. The molecule has 21 heavy (non-hydrogen) atoms. The van der Waals surface area contributed by atoms with E-state index in [-0.39, 0.29) is 23.8 Å².